The summed E-state index contributed by atoms with van der Waals surface area (Å²) in [6, 6.07) is 12.5. The predicted octanol–water partition coefficient (Wildman–Crippen LogP) is 4.01. The molecule has 0 saturated heterocycles. The van der Waals surface area contributed by atoms with E-state index in [0.717, 1.165) is 54.5 Å². The largest absolute Gasteiger partial charge is 0.399 e. The van der Waals surface area contributed by atoms with Crippen molar-refractivity contribution in [2.75, 3.05) is 25.5 Å². The van der Waals surface area contributed by atoms with Gasteiger partial charge in [-0.1, -0.05) is 47.1 Å². The van der Waals surface area contributed by atoms with Crippen molar-refractivity contribution in [3.05, 3.63) is 63.7 Å². The van der Waals surface area contributed by atoms with Crippen molar-refractivity contribution < 1.29 is 4.84 Å². The third-order valence-corrected chi connectivity index (χ3v) is 4.87. The second-order valence-electron chi connectivity index (χ2n) is 6.22. The molecule has 0 radical (unpaired) electrons. The van der Waals surface area contributed by atoms with E-state index in [4.69, 9.17) is 16.4 Å². The van der Waals surface area contributed by atoms with Crippen molar-refractivity contribution >= 4 is 23.0 Å². The van der Waals surface area contributed by atoms with Crippen molar-refractivity contribution in [3.8, 4) is 0 Å². The molecule has 4 nitrogen and oxygen atoms in total. The van der Waals surface area contributed by atoms with E-state index in [0.29, 0.717) is 0 Å². The van der Waals surface area contributed by atoms with Gasteiger partial charge in [0, 0.05) is 6.54 Å². The molecular formula is C20H24ClN3O. The monoisotopic (exact) mass is 357 g/mol. The van der Waals surface area contributed by atoms with Crippen LogP contribution in [0.15, 0.2) is 41.6 Å². The molecule has 2 aromatic carbocycles. The normalized spacial score (nSPS) is 14.6. The first-order chi connectivity index (χ1) is 12.2. The molecule has 0 saturated carbocycles. The van der Waals surface area contributed by atoms with Crippen LogP contribution in [-0.4, -0.2) is 25.9 Å². The van der Waals surface area contributed by atoms with Crippen LogP contribution in [0.3, 0.4) is 0 Å². The molecule has 2 N–H and O–H groups in total. The molecule has 132 valence electrons. The van der Waals surface area contributed by atoms with Crippen molar-refractivity contribution in [1.29, 1.82) is 0 Å². The van der Waals surface area contributed by atoms with Gasteiger partial charge in [-0.15, -0.1) is 0 Å². The zero-order valence-corrected chi connectivity index (χ0v) is 15.5. The van der Waals surface area contributed by atoms with Gasteiger partial charge in [0.2, 0.25) is 0 Å². The van der Waals surface area contributed by atoms with Crippen LogP contribution in [0.2, 0.25) is 5.02 Å². The van der Waals surface area contributed by atoms with Gasteiger partial charge in [0.25, 0.3) is 0 Å². The minimum atomic E-state index is 0.740. The molecule has 5 heteroatoms. The van der Waals surface area contributed by atoms with Crippen molar-refractivity contribution in [3.63, 3.8) is 0 Å². The Balaban J connectivity index is 1.75. The molecule has 0 unspecified atom stereocenters. The lowest BCUT2D eigenvalue weighted by Crippen LogP contribution is -2.16. The summed E-state index contributed by atoms with van der Waals surface area (Å²) in [7, 11) is 1.56. The number of hydrogen-bond donors (Lipinski definition) is 2. The topological polar surface area (TPSA) is 45.6 Å². The minimum Gasteiger partial charge on any atom is -0.399 e. The molecule has 1 aliphatic heterocycles. The number of hydrogen-bond acceptors (Lipinski definition) is 4. The standard InChI is InChI=1S/C20H24ClN3O/c1-14(24-25-2)16-5-3-15(4-6-16)13-23-20-18-10-12-22-11-9-17(18)7-8-19(20)21/h3-8,22-23H,9-13H2,1-2H3/b24-14+. The predicted molar refractivity (Wildman–Crippen MR) is 105 cm³/mol. The van der Waals surface area contributed by atoms with Crippen LogP contribution >= 0.6 is 11.6 Å². The first-order valence-corrected chi connectivity index (χ1v) is 8.98. The average Bonchev–Trinajstić information content (AvgIpc) is 2.87. The molecule has 1 heterocycles. The van der Waals surface area contributed by atoms with E-state index >= 15 is 0 Å². The number of oxime groups is 1. The summed E-state index contributed by atoms with van der Waals surface area (Å²) in [5, 5.41) is 11.8. The summed E-state index contributed by atoms with van der Waals surface area (Å²) in [6.07, 6.45) is 2.05. The van der Waals surface area contributed by atoms with E-state index in [-0.39, 0.29) is 0 Å². The maximum absolute atomic E-state index is 6.47. The lowest BCUT2D eigenvalue weighted by atomic mass is 10.0. The number of benzene rings is 2. The Morgan fingerprint density at radius 3 is 2.68 bits per heavy atom. The Bertz CT molecular complexity index is 756. The molecule has 0 atom stereocenters. The molecule has 0 aliphatic carbocycles. The van der Waals surface area contributed by atoms with Crippen molar-refractivity contribution in [2.24, 2.45) is 5.16 Å². The van der Waals surface area contributed by atoms with E-state index in [1.807, 2.05) is 13.0 Å². The van der Waals surface area contributed by atoms with Crippen LogP contribution < -0.4 is 10.6 Å². The number of anilines is 1. The summed E-state index contributed by atoms with van der Waals surface area (Å²) in [5.41, 5.74) is 6.93. The fourth-order valence-corrected chi connectivity index (χ4v) is 3.42. The van der Waals surface area contributed by atoms with Gasteiger partial charge in [-0.25, -0.2) is 0 Å². The zero-order chi connectivity index (χ0) is 17.6. The quantitative estimate of drug-likeness (QED) is 0.627. The third-order valence-electron chi connectivity index (χ3n) is 4.55. The lowest BCUT2D eigenvalue weighted by Gasteiger charge is -2.16. The highest BCUT2D eigenvalue weighted by Crippen LogP contribution is 2.31. The van der Waals surface area contributed by atoms with E-state index in [1.165, 1.54) is 16.7 Å². The molecule has 2 aromatic rings. The molecule has 0 aromatic heterocycles. The van der Waals surface area contributed by atoms with Gasteiger partial charge in [-0.2, -0.15) is 0 Å². The average molecular weight is 358 g/mol. The maximum atomic E-state index is 6.47. The Kier molecular flexibility index (Phi) is 5.95. The number of rotatable bonds is 5. The smallest absolute Gasteiger partial charge is 0.106 e. The summed E-state index contributed by atoms with van der Waals surface area (Å²) in [5.74, 6) is 0. The summed E-state index contributed by atoms with van der Waals surface area (Å²) in [4.78, 5) is 4.83. The van der Waals surface area contributed by atoms with Gasteiger partial charge in [-0.3, -0.25) is 0 Å². The number of nitrogens with zero attached hydrogens (tertiary/aromatic N) is 1. The molecule has 0 fully saturated rings. The van der Waals surface area contributed by atoms with E-state index in [1.54, 1.807) is 7.11 Å². The zero-order valence-electron chi connectivity index (χ0n) is 14.7. The van der Waals surface area contributed by atoms with Crippen LogP contribution in [0.1, 0.15) is 29.2 Å². The van der Waals surface area contributed by atoms with Gasteiger partial charge >= 0.3 is 0 Å². The highest BCUT2D eigenvalue weighted by molar-refractivity contribution is 6.33. The lowest BCUT2D eigenvalue weighted by molar-refractivity contribution is 0.213. The van der Waals surface area contributed by atoms with Crippen LogP contribution in [0, 0.1) is 0 Å². The summed E-state index contributed by atoms with van der Waals surface area (Å²) >= 11 is 6.47. The molecule has 0 spiro atoms. The van der Waals surface area contributed by atoms with E-state index in [9.17, 15) is 0 Å². The second-order valence-corrected chi connectivity index (χ2v) is 6.63. The molecule has 1 aliphatic rings. The summed E-state index contributed by atoms with van der Waals surface area (Å²) < 4.78 is 0. The highest BCUT2D eigenvalue weighted by Gasteiger charge is 2.14. The Morgan fingerprint density at radius 2 is 1.92 bits per heavy atom. The second kappa shape index (κ2) is 8.37. The van der Waals surface area contributed by atoms with Crippen LogP contribution in [0.25, 0.3) is 0 Å². The van der Waals surface area contributed by atoms with Crippen LogP contribution in [0.5, 0.6) is 0 Å². The minimum absolute atomic E-state index is 0.740. The van der Waals surface area contributed by atoms with Gasteiger partial charge in [0.1, 0.15) is 7.11 Å². The molecular weight excluding hydrogens is 334 g/mol. The fourth-order valence-electron chi connectivity index (χ4n) is 3.18. The van der Waals surface area contributed by atoms with Crippen molar-refractivity contribution in [1.82, 2.24) is 5.32 Å². The summed E-state index contributed by atoms with van der Waals surface area (Å²) in [6.45, 7) is 4.70. The molecule has 0 amide bonds. The molecule has 25 heavy (non-hydrogen) atoms. The van der Waals surface area contributed by atoms with Gasteiger partial charge in [-0.05, 0) is 61.2 Å². The van der Waals surface area contributed by atoms with Gasteiger partial charge in [0.05, 0.1) is 16.4 Å². The van der Waals surface area contributed by atoms with Crippen molar-refractivity contribution in [2.45, 2.75) is 26.3 Å². The number of nitrogens with one attached hydrogen (secondary N) is 2. The first-order valence-electron chi connectivity index (χ1n) is 8.61. The Labute approximate surface area is 154 Å². The Morgan fingerprint density at radius 1 is 1.16 bits per heavy atom. The highest BCUT2D eigenvalue weighted by atomic mass is 35.5. The Hall–Kier alpha value is -2.04. The third kappa shape index (κ3) is 4.33. The maximum Gasteiger partial charge on any atom is 0.106 e. The fraction of sp³-hybridized carbons (Fsp3) is 0.350. The first kappa shape index (κ1) is 17.8. The number of fused-ring (bicyclic) bond motifs is 1. The molecule has 0 bridgehead atoms. The molecule has 3 rings (SSSR count). The van der Waals surface area contributed by atoms with Crippen LogP contribution in [-0.2, 0) is 24.2 Å². The van der Waals surface area contributed by atoms with Gasteiger partial charge in [0.15, 0.2) is 0 Å². The van der Waals surface area contributed by atoms with Crippen LogP contribution in [0.4, 0.5) is 5.69 Å². The number of halogens is 1. The van der Waals surface area contributed by atoms with Gasteiger partial charge < -0.3 is 15.5 Å². The van der Waals surface area contributed by atoms with E-state index in [2.05, 4.69) is 46.1 Å². The van der Waals surface area contributed by atoms with E-state index < -0.39 is 0 Å². The SMILES string of the molecule is CO/N=C(\C)c1ccc(CNc2c(Cl)ccc3c2CCNCC3)cc1.